The van der Waals surface area contributed by atoms with E-state index in [2.05, 4.69) is 0 Å². The van der Waals surface area contributed by atoms with Gasteiger partial charge in [0.05, 0.1) is 4.90 Å². The van der Waals surface area contributed by atoms with Gasteiger partial charge >= 0.3 is 0 Å². The van der Waals surface area contributed by atoms with E-state index in [0.717, 1.165) is 18.6 Å². The Balaban J connectivity index is 1.89. The second-order valence-electron chi connectivity index (χ2n) is 6.89. The molecule has 2 aliphatic rings. The zero-order valence-electron chi connectivity index (χ0n) is 13.8. The molecule has 0 N–H and O–H groups in total. The molecule has 1 saturated carbocycles. The third-order valence-electron chi connectivity index (χ3n) is 5.32. The van der Waals surface area contributed by atoms with Crippen molar-refractivity contribution in [2.75, 3.05) is 0 Å². The fourth-order valence-corrected chi connectivity index (χ4v) is 6.13. The Morgan fingerprint density at radius 1 is 1.04 bits per heavy atom. The average Bonchev–Trinajstić information content (AvgIpc) is 2.79. The van der Waals surface area contributed by atoms with Crippen LogP contribution in [0.4, 0.5) is 8.78 Å². The lowest BCUT2D eigenvalue weighted by molar-refractivity contribution is 0.103. The zero-order chi connectivity index (χ0) is 18.5. The van der Waals surface area contributed by atoms with E-state index in [9.17, 15) is 17.2 Å². The molecule has 1 heterocycles. The summed E-state index contributed by atoms with van der Waals surface area (Å²) in [4.78, 5) is -1.52. The van der Waals surface area contributed by atoms with Crippen molar-refractivity contribution >= 4 is 21.4 Å². The number of halogens is 3. The van der Waals surface area contributed by atoms with Crippen molar-refractivity contribution in [3.63, 3.8) is 0 Å². The predicted molar refractivity (Wildman–Crippen MR) is 94.2 cm³/mol. The molecule has 26 heavy (non-hydrogen) atoms. The van der Waals surface area contributed by atoms with Crippen molar-refractivity contribution in [2.45, 2.75) is 47.9 Å². The van der Waals surface area contributed by atoms with Gasteiger partial charge in [0.2, 0.25) is 14.8 Å². The van der Waals surface area contributed by atoms with E-state index < -0.39 is 26.4 Å². The van der Waals surface area contributed by atoms with E-state index >= 15 is 0 Å². The molecule has 1 aliphatic carbocycles. The van der Waals surface area contributed by atoms with E-state index in [4.69, 9.17) is 16.3 Å². The maximum absolute atomic E-state index is 14.4. The summed E-state index contributed by atoms with van der Waals surface area (Å²) in [7, 11) is -3.94. The first-order valence-corrected chi connectivity index (χ1v) is 10.4. The number of hydrogen-bond donors (Lipinski definition) is 0. The van der Waals surface area contributed by atoms with Crippen LogP contribution in [0.2, 0.25) is 5.02 Å². The molecule has 1 fully saturated rings. The third kappa shape index (κ3) is 2.62. The number of hydrogen-bond acceptors (Lipinski definition) is 3. The van der Waals surface area contributed by atoms with Crippen molar-refractivity contribution in [2.24, 2.45) is 0 Å². The lowest BCUT2D eigenvalue weighted by atomic mass is 9.87. The minimum Gasteiger partial charge on any atom is -0.468 e. The Hall–Kier alpha value is -1.66. The highest BCUT2D eigenvalue weighted by molar-refractivity contribution is 7.92. The van der Waals surface area contributed by atoms with E-state index in [-0.39, 0.29) is 35.0 Å². The summed E-state index contributed by atoms with van der Waals surface area (Å²) < 4.78 is 61.4. The number of fused-ring (bicyclic) bond motifs is 4. The third-order valence-corrected chi connectivity index (χ3v) is 7.90. The van der Waals surface area contributed by atoms with Crippen molar-refractivity contribution < 1.29 is 21.9 Å². The number of sulfone groups is 1. The normalized spacial score (nSPS) is 25.1. The van der Waals surface area contributed by atoms with Crippen LogP contribution in [-0.2, 0) is 9.84 Å². The molecule has 138 valence electrons. The minimum absolute atomic E-state index is 0.0720. The highest BCUT2D eigenvalue weighted by atomic mass is 35.5. The van der Waals surface area contributed by atoms with Gasteiger partial charge in [-0.05, 0) is 55.2 Å². The van der Waals surface area contributed by atoms with E-state index in [1.54, 1.807) is 0 Å². The fourth-order valence-electron chi connectivity index (χ4n) is 4.05. The van der Waals surface area contributed by atoms with Gasteiger partial charge in [0.25, 0.3) is 0 Å². The van der Waals surface area contributed by atoms with Crippen LogP contribution < -0.4 is 4.74 Å². The van der Waals surface area contributed by atoms with Gasteiger partial charge in [-0.25, -0.2) is 17.2 Å². The molecule has 2 atom stereocenters. The van der Waals surface area contributed by atoms with Gasteiger partial charge < -0.3 is 4.74 Å². The van der Waals surface area contributed by atoms with Gasteiger partial charge in [-0.2, -0.15) is 0 Å². The Morgan fingerprint density at radius 3 is 2.46 bits per heavy atom. The van der Waals surface area contributed by atoms with Crippen LogP contribution in [0.25, 0.3) is 0 Å². The lowest BCUT2D eigenvalue weighted by Gasteiger charge is -2.40. The highest BCUT2D eigenvalue weighted by Gasteiger charge is 2.53. The van der Waals surface area contributed by atoms with Crippen LogP contribution in [0.5, 0.6) is 5.75 Å². The van der Waals surface area contributed by atoms with Gasteiger partial charge in [0.15, 0.2) is 11.6 Å². The molecule has 0 amide bonds. The SMILES string of the molecule is O=S(=O)(c1ccc(Cl)cc1)[C@@]12CCCCC(C1)c1c(F)ccc(F)c1O2. The average molecular weight is 399 g/mol. The number of rotatable bonds is 2. The van der Waals surface area contributed by atoms with E-state index in [0.29, 0.717) is 17.9 Å². The predicted octanol–water partition coefficient (Wildman–Crippen LogP) is 5.23. The molecule has 0 saturated heterocycles. The molecule has 4 rings (SSSR count). The van der Waals surface area contributed by atoms with Gasteiger partial charge in [-0.3, -0.25) is 0 Å². The summed E-state index contributed by atoms with van der Waals surface area (Å²) >= 11 is 5.86. The highest BCUT2D eigenvalue weighted by Crippen LogP contribution is 2.52. The van der Waals surface area contributed by atoms with Crippen molar-refractivity contribution in [1.29, 1.82) is 0 Å². The molecule has 0 spiro atoms. The quantitative estimate of drug-likeness (QED) is 0.695. The maximum Gasteiger partial charge on any atom is 0.218 e. The first-order chi connectivity index (χ1) is 12.3. The van der Waals surface area contributed by atoms with Gasteiger partial charge in [0, 0.05) is 23.4 Å². The molecule has 3 nitrogen and oxygen atoms in total. The van der Waals surface area contributed by atoms with Gasteiger partial charge in [-0.1, -0.05) is 18.0 Å². The monoisotopic (exact) mass is 398 g/mol. The molecule has 2 bridgehead atoms. The van der Waals surface area contributed by atoms with Crippen molar-refractivity contribution in [3.05, 3.63) is 58.6 Å². The summed E-state index contributed by atoms with van der Waals surface area (Å²) in [6, 6.07) is 7.89. The van der Waals surface area contributed by atoms with Crippen molar-refractivity contribution in [1.82, 2.24) is 0 Å². The maximum atomic E-state index is 14.4. The molecule has 0 aromatic heterocycles. The second-order valence-corrected chi connectivity index (χ2v) is 9.55. The van der Waals surface area contributed by atoms with Gasteiger partial charge in [0.1, 0.15) is 5.82 Å². The molecule has 2 aromatic carbocycles. The van der Waals surface area contributed by atoms with Crippen LogP contribution in [0, 0.1) is 11.6 Å². The van der Waals surface area contributed by atoms with E-state index in [1.165, 1.54) is 24.3 Å². The largest absolute Gasteiger partial charge is 0.468 e. The van der Waals surface area contributed by atoms with Crippen LogP contribution >= 0.6 is 11.6 Å². The lowest BCUT2D eigenvalue weighted by Crippen LogP contribution is -2.47. The standard InChI is InChI=1S/C19H17ClF2O3S/c20-13-4-6-14(7-5-13)26(23,24)19-10-2-1-3-12(11-19)17-15(21)8-9-16(22)18(17)25-19/h4-9,12H,1-3,10-11H2/t12?,19-/m0/s1. The van der Waals surface area contributed by atoms with Crippen LogP contribution in [0.3, 0.4) is 0 Å². The second kappa shape index (κ2) is 6.20. The molecule has 1 aliphatic heterocycles. The summed E-state index contributed by atoms with van der Waals surface area (Å²) in [5.41, 5.74) is 0.161. The van der Waals surface area contributed by atoms with Crippen molar-refractivity contribution in [3.8, 4) is 5.75 Å². The first-order valence-electron chi connectivity index (χ1n) is 8.51. The van der Waals surface area contributed by atoms with Crippen LogP contribution in [0.1, 0.15) is 43.6 Å². The molecular weight excluding hydrogens is 382 g/mol. The molecular formula is C19H17ClF2O3S. The summed E-state index contributed by atoms with van der Waals surface area (Å²) in [5, 5.41) is 0.420. The summed E-state index contributed by atoms with van der Waals surface area (Å²) in [5.74, 6) is -1.94. The van der Waals surface area contributed by atoms with E-state index in [1.807, 2.05) is 0 Å². The smallest absolute Gasteiger partial charge is 0.218 e. The Labute approximate surface area is 155 Å². The Kier molecular flexibility index (Phi) is 4.23. The molecule has 2 aromatic rings. The molecule has 7 heteroatoms. The topological polar surface area (TPSA) is 43.4 Å². The number of ether oxygens (including phenoxy) is 1. The Morgan fingerprint density at radius 2 is 1.73 bits per heavy atom. The minimum atomic E-state index is -3.94. The molecule has 1 unspecified atom stereocenters. The molecule has 0 radical (unpaired) electrons. The Bertz CT molecular complexity index is 959. The van der Waals surface area contributed by atoms with Crippen LogP contribution in [0.15, 0.2) is 41.3 Å². The van der Waals surface area contributed by atoms with Crippen LogP contribution in [-0.4, -0.2) is 13.4 Å². The summed E-state index contributed by atoms with van der Waals surface area (Å²) in [6.07, 6.45) is 2.31. The number of benzene rings is 2. The van der Waals surface area contributed by atoms with Gasteiger partial charge in [-0.15, -0.1) is 0 Å². The zero-order valence-corrected chi connectivity index (χ0v) is 15.4. The summed E-state index contributed by atoms with van der Waals surface area (Å²) in [6.45, 7) is 0. The first kappa shape index (κ1) is 17.7. The fraction of sp³-hybridized carbons (Fsp3) is 0.368.